The van der Waals surface area contributed by atoms with Crippen LogP contribution in [0.1, 0.15) is 6.92 Å². The van der Waals surface area contributed by atoms with Gasteiger partial charge in [-0.15, -0.1) is 0 Å². The van der Waals surface area contributed by atoms with Gasteiger partial charge >= 0.3 is 0 Å². The van der Waals surface area contributed by atoms with Crippen LogP contribution in [-0.2, 0) is 19.2 Å². The van der Waals surface area contributed by atoms with Crippen LogP contribution in [0.25, 0.3) is 0 Å². The lowest BCUT2D eigenvalue weighted by atomic mass is 10.8. The first-order valence-electron chi connectivity index (χ1n) is 4.67. The molecule has 0 amide bonds. The van der Waals surface area contributed by atoms with E-state index >= 15 is 0 Å². The SMILES string of the molecule is CC(=O)O.O=CO.O=CO.O=CO.OCCO.OCCO. The molecular formula is C9H22O12. The first kappa shape index (κ1) is 36.3. The van der Waals surface area contributed by atoms with E-state index < -0.39 is 5.97 Å². The van der Waals surface area contributed by atoms with Crippen molar-refractivity contribution in [2.45, 2.75) is 6.92 Å². The standard InChI is InChI=1S/C2H4O2.2C2H6O2.3CH2O2/c1-2(3)4;2*3-1-2-4;3*2-1-3/h1H3,(H,3,4);2*3-4H,1-2H2;3*1H,(H,2,3). The maximum absolute atomic E-state index is 9.00. The minimum Gasteiger partial charge on any atom is -0.483 e. The number of aliphatic hydroxyl groups is 4. The molecule has 0 aliphatic heterocycles. The molecule has 0 saturated heterocycles. The fourth-order valence-electron chi connectivity index (χ4n) is 0. The minimum atomic E-state index is -0.833. The molecule has 0 aromatic rings. The second-order valence-electron chi connectivity index (χ2n) is 1.73. The van der Waals surface area contributed by atoms with Crippen LogP contribution in [0, 0.1) is 0 Å². The number of carbonyl (C=O) groups is 4. The van der Waals surface area contributed by atoms with Crippen molar-refractivity contribution in [1.82, 2.24) is 0 Å². The topological polar surface area (TPSA) is 230 Å². The van der Waals surface area contributed by atoms with Crippen molar-refractivity contribution in [2.75, 3.05) is 26.4 Å². The van der Waals surface area contributed by atoms with E-state index in [4.69, 9.17) is 60.0 Å². The number of hydrogen-bond donors (Lipinski definition) is 8. The van der Waals surface area contributed by atoms with E-state index in [0.717, 1.165) is 6.92 Å². The third-order valence-electron chi connectivity index (χ3n) is 0.200. The molecule has 0 aromatic carbocycles. The third-order valence-corrected chi connectivity index (χ3v) is 0.200. The van der Waals surface area contributed by atoms with Crippen LogP contribution < -0.4 is 0 Å². The fourth-order valence-corrected chi connectivity index (χ4v) is 0. The van der Waals surface area contributed by atoms with Crippen LogP contribution in [-0.4, -0.2) is 92.7 Å². The van der Waals surface area contributed by atoms with E-state index in [1.54, 1.807) is 0 Å². The minimum absolute atomic E-state index is 0.125. The van der Waals surface area contributed by atoms with E-state index in [9.17, 15) is 0 Å². The van der Waals surface area contributed by atoms with Gasteiger partial charge in [-0.05, 0) is 0 Å². The predicted molar refractivity (Wildman–Crippen MR) is 67.7 cm³/mol. The smallest absolute Gasteiger partial charge is 0.300 e. The number of rotatable bonds is 2. The molecule has 12 heteroatoms. The van der Waals surface area contributed by atoms with E-state index in [0.29, 0.717) is 0 Å². The van der Waals surface area contributed by atoms with Crippen LogP contribution in [0.2, 0.25) is 0 Å². The summed E-state index contributed by atoms with van der Waals surface area (Å²) in [4.78, 5) is 34.1. The van der Waals surface area contributed by atoms with Gasteiger partial charge in [0.05, 0.1) is 26.4 Å². The number of hydrogen-bond acceptors (Lipinski definition) is 8. The molecule has 0 bridgehead atoms. The molecule has 0 unspecified atom stereocenters. The average molecular weight is 322 g/mol. The van der Waals surface area contributed by atoms with E-state index in [1.807, 2.05) is 0 Å². The van der Waals surface area contributed by atoms with Crippen LogP contribution in [0.15, 0.2) is 0 Å². The van der Waals surface area contributed by atoms with E-state index in [-0.39, 0.29) is 45.8 Å². The lowest BCUT2D eigenvalue weighted by molar-refractivity contribution is -0.134. The molecule has 0 radical (unpaired) electrons. The highest BCUT2D eigenvalue weighted by molar-refractivity contribution is 5.62. The number of aliphatic hydroxyl groups excluding tert-OH is 4. The van der Waals surface area contributed by atoms with Crippen LogP contribution in [0.3, 0.4) is 0 Å². The number of aliphatic carboxylic acids is 1. The zero-order valence-corrected chi connectivity index (χ0v) is 11.3. The summed E-state index contributed by atoms with van der Waals surface area (Å²) >= 11 is 0. The Labute approximate surface area is 120 Å². The van der Waals surface area contributed by atoms with E-state index in [1.165, 1.54) is 0 Å². The second kappa shape index (κ2) is 83.1. The zero-order chi connectivity index (χ0) is 18.5. The highest BCUT2D eigenvalue weighted by Gasteiger charge is 1.65. The van der Waals surface area contributed by atoms with Crippen molar-refractivity contribution in [3.63, 3.8) is 0 Å². The first-order chi connectivity index (χ1) is 9.80. The Balaban J connectivity index is -0.0000000324. The van der Waals surface area contributed by atoms with Gasteiger partial charge in [0.25, 0.3) is 25.4 Å². The van der Waals surface area contributed by atoms with E-state index in [2.05, 4.69) is 0 Å². The second-order valence-corrected chi connectivity index (χ2v) is 1.73. The molecule has 0 aliphatic carbocycles. The summed E-state index contributed by atoms with van der Waals surface area (Å²) in [7, 11) is 0. The van der Waals surface area contributed by atoms with Crippen molar-refractivity contribution in [3.05, 3.63) is 0 Å². The molecule has 0 aliphatic rings. The largest absolute Gasteiger partial charge is 0.483 e. The molecule has 0 aromatic heterocycles. The lowest BCUT2D eigenvalue weighted by Gasteiger charge is -1.70. The van der Waals surface area contributed by atoms with Crippen molar-refractivity contribution in [2.24, 2.45) is 0 Å². The van der Waals surface area contributed by atoms with Crippen LogP contribution in [0.4, 0.5) is 0 Å². The van der Waals surface area contributed by atoms with Crippen molar-refractivity contribution < 1.29 is 60.0 Å². The zero-order valence-electron chi connectivity index (χ0n) is 11.3. The highest BCUT2D eigenvalue weighted by Crippen LogP contribution is 1.42. The summed E-state index contributed by atoms with van der Waals surface area (Å²) in [5.41, 5.74) is 0. The summed E-state index contributed by atoms with van der Waals surface area (Å²) in [6.45, 7) is -0.167. The number of carboxylic acid groups (broad SMARTS) is 4. The molecule has 0 saturated carbocycles. The molecule has 0 spiro atoms. The molecule has 0 rings (SSSR count). The predicted octanol–water partition coefficient (Wildman–Crippen LogP) is -2.86. The molecular weight excluding hydrogens is 300 g/mol. The van der Waals surface area contributed by atoms with Gasteiger partial charge in [0.2, 0.25) is 0 Å². The summed E-state index contributed by atoms with van der Waals surface area (Å²) in [5, 5.41) is 58.6. The normalized spacial score (nSPS) is 5.76. The van der Waals surface area contributed by atoms with Crippen molar-refractivity contribution in [1.29, 1.82) is 0 Å². The Morgan fingerprint density at radius 3 is 0.762 bits per heavy atom. The van der Waals surface area contributed by atoms with Gasteiger partial charge in [-0.25, -0.2) is 0 Å². The Morgan fingerprint density at radius 1 is 0.714 bits per heavy atom. The third kappa shape index (κ3) is 55900. The van der Waals surface area contributed by atoms with Gasteiger partial charge in [-0.1, -0.05) is 0 Å². The van der Waals surface area contributed by atoms with Gasteiger partial charge in [0.1, 0.15) is 0 Å². The molecule has 130 valence electrons. The average Bonchev–Trinajstić information content (AvgIpc) is 2.41. The summed E-state index contributed by atoms with van der Waals surface area (Å²) in [5.74, 6) is -0.833. The van der Waals surface area contributed by atoms with Crippen molar-refractivity contribution in [3.8, 4) is 0 Å². The van der Waals surface area contributed by atoms with Gasteiger partial charge in [-0.2, -0.15) is 0 Å². The van der Waals surface area contributed by atoms with Crippen LogP contribution >= 0.6 is 0 Å². The molecule has 0 heterocycles. The fraction of sp³-hybridized carbons (Fsp3) is 0.556. The Morgan fingerprint density at radius 2 is 0.762 bits per heavy atom. The Hall–Kier alpha value is -2.28. The monoisotopic (exact) mass is 322 g/mol. The highest BCUT2D eigenvalue weighted by atomic mass is 16.4. The molecule has 21 heavy (non-hydrogen) atoms. The summed E-state index contributed by atoms with van der Waals surface area (Å²) in [6.07, 6.45) is 0. The quantitative estimate of drug-likeness (QED) is 0.240. The van der Waals surface area contributed by atoms with Crippen molar-refractivity contribution >= 4 is 25.4 Å². The molecule has 0 fully saturated rings. The van der Waals surface area contributed by atoms with Gasteiger partial charge < -0.3 is 40.9 Å². The molecule has 8 N–H and O–H groups in total. The molecule has 0 atom stereocenters. The van der Waals surface area contributed by atoms with Gasteiger partial charge in [-0.3, -0.25) is 19.2 Å². The van der Waals surface area contributed by atoms with Gasteiger partial charge in [0, 0.05) is 6.92 Å². The molecule has 12 nitrogen and oxygen atoms in total. The maximum atomic E-state index is 9.00. The maximum Gasteiger partial charge on any atom is 0.300 e. The Kier molecular flexibility index (Phi) is 144. The Bertz CT molecular complexity index is 146. The summed E-state index contributed by atoms with van der Waals surface area (Å²) in [6, 6.07) is 0. The summed E-state index contributed by atoms with van der Waals surface area (Å²) < 4.78 is 0. The van der Waals surface area contributed by atoms with Crippen LogP contribution in [0.5, 0.6) is 0 Å². The number of carboxylic acids is 1. The lowest BCUT2D eigenvalue weighted by Crippen LogP contribution is -1.85. The van der Waals surface area contributed by atoms with Gasteiger partial charge in [0.15, 0.2) is 0 Å². The first-order valence-corrected chi connectivity index (χ1v) is 4.67.